The fraction of sp³-hybridized carbons (Fsp3) is 0.667. The molecule has 0 aromatic heterocycles. The fourth-order valence-electron chi connectivity index (χ4n) is 0. The van der Waals surface area contributed by atoms with Gasteiger partial charge < -0.3 is 4.57 Å². The Morgan fingerprint density at radius 3 is 1.71 bits per heavy atom. The van der Waals surface area contributed by atoms with E-state index in [0.717, 1.165) is 0 Å². The minimum absolute atomic E-state index is 0.507. The first-order chi connectivity index (χ1) is 2.94. The molecule has 0 N–H and O–H groups in total. The zero-order chi connectivity index (χ0) is 6.08. The second kappa shape index (κ2) is 2.01. The largest absolute Gasteiger partial charge is 0.315 e. The van der Waals surface area contributed by atoms with Crippen molar-refractivity contribution in [1.29, 1.82) is 0 Å². The summed E-state index contributed by atoms with van der Waals surface area (Å²) in [5.74, 6) is 0. The van der Waals surface area contributed by atoms with Crippen molar-refractivity contribution >= 4 is 24.6 Å². The lowest BCUT2D eigenvalue weighted by Crippen LogP contribution is -1.80. The highest BCUT2D eigenvalue weighted by molar-refractivity contribution is 8.15. The molecule has 4 heteroatoms. The van der Waals surface area contributed by atoms with Crippen LogP contribution in [-0.2, 0) is 4.57 Å². The summed E-state index contributed by atoms with van der Waals surface area (Å²) in [5, 5.41) is 0. The summed E-state index contributed by atoms with van der Waals surface area (Å²) in [6.45, 7) is 2.78. The van der Waals surface area contributed by atoms with Gasteiger partial charge in [-0.2, -0.15) is 0 Å². The quantitative estimate of drug-likeness (QED) is 0.441. The third-order valence-corrected chi connectivity index (χ3v) is 2.83. The van der Waals surface area contributed by atoms with Crippen LogP contribution in [0.4, 0.5) is 4.79 Å². The van der Waals surface area contributed by atoms with Crippen molar-refractivity contribution in [3.8, 4) is 0 Å². The standard InChI is InChI=1S/C3H7O2PS/c1-6(2,5)3(4)7/h1-2H3,(H,4,7). The Morgan fingerprint density at radius 2 is 1.71 bits per heavy atom. The van der Waals surface area contributed by atoms with Crippen molar-refractivity contribution in [2.75, 3.05) is 13.3 Å². The van der Waals surface area contributed by atoms with E-state index in [2.05, 4.69) is 12.6 Å². The van der Waals surface area contributed by atoms with Crippen LogP contribution in [0.3, 0.4) is 0 Å². The van der Waals surface area contributed by atoms with E-state index in [-0.39, 0.29) is 0 Å². The Balaban J connectivity index is 4.09. The zero-order valence-electron chi connectivity index (χ0n) is 4.21. The van der Waals surface area contributed by atoms with Crippen molar-refractivity contribution in [2.45, 2.75) is 0 Å². The molecule has 0 saturated heterocycles. The van der Waals surface area contributed by atoms with E-state index in [1.807, 2.05) is 0 Å². The summed E-state index contributed by atoms with van der Waals surface area (Å²) in [5.41, 5.74) is 0. The van der Waals surface area contributed by atoms with Crippen LogP contribution < -0.4 is 0 Å². The number of hydrogen-bond donors (Lipinski definition) is 1. The Labute approximate surface area is 48.1 Å². The monoisotopic (exact) mass is 138 g/mol. The van der Waals surface area contributed by atoms with E-state index in [4.69, 9.17) is 0 Å². The highest BCUT2D eigenvalue weighted by Gasteiger charge is 2.12. The molecule has 7 heavy (non-hydrogen) atoms. The maximum absolute atomic E-state index is 10.5. The second-order valence-corrected chi connectivity index (χ2v) is 5.50. The molecule has 0 bridgehead atoms. The fourth-order valence-corrected chi connectivity index (χ4v) is 0. The lowest BCUT2D eigenvalue weighted by Gasteiger charge is -1.94. The van der Waals surface area contributed by atoms with Gasteiger partial charge in [-0.15, -0.1) is 0 Å². The van der Waals surface area contributed by atoms with Gasteiger partial charge in [-0.3, -0.25) is 4.79 Å². The third kappa shape index (κ3) is 2.89. The summed E-state index contributed by atoms with van der Waals surface area (Å²) in [6.07, 6.45) is 0. The van der Waals surface area contributed by atoms with Crippen molar-refractivity contribution in [1.82, 2.24) is 0 Å². The summed E-state index contributed by atoms with van der Waals surface area (Å²) in [7, 11) is -2.51. The van der Waals surface area contributed by atoms with Crippen molar-refractivity contribution in [3.63, 3.8) is 0 Å². The van der Waals surface area contributed by atoms with E-state index >= 15 is 0 Å². The molecule has 0 aromatic carbocycles. The smallest absolute Gasteiger partial charge is 0.243 e. The van der Waals surface area contributed by atoms with Gasteiger partial charge in [0.25, 0.3) is 0 Å². The van der Waals surface area contributed by atoms with Crippen LogP contribution in [0.15, 0.2) is 0 Å². The average Bonchev–Trinajstić information content (AvgIpc) is 1.31. The molecule has 0 heterocycles. The summed E-state index contributed by atoms with van der Waals surface area (Å²) >= 11 is 3.38. The topological polar surface area (TPSA) is 34.1 Å². The molecular formula is C3H7O2PS. The van der Waals surface area contributed by atoms with Crippen LogP contribution in [0.1, 0.15) is 0 Å². The van der Waals surface area contributed by atoms with Gasteiger partial charge in [-0.1, -0.05) is 12.6 Å². The van der Waals surface area contributed by atoms with Crippen LogP contribution in [-0.4, -0.2) is 18.2 Å². The molecular weight excluding hydrogens is 131 g/mol. The van der Waals surface area contributed by atoms with Gasteiger partial charge in [0.05, 0.1) is 0 Å². The minimum Gasteiger partial charge on any atom is -0.315 e. The molecule has 0 rings (SSSR count). The predicted molar refractivity (Wildman–Crippen MR) is 33.8 cm³/mol. The molecule has 0 atom stereocenters. The van der Waals surface area contributed by atoms with E-state index in [9.17, 15) is 9.36 Å². The molecule has 0 unspecified atom stereocenters. The molecule has 0 aliphatic rings. The molecule has 0 aromatic rings. The van der Waals surface area contributed by atoms with Crippen molar-refractivity contribution < 1.29 is 9.36 Å². The lowest BCUT2D eigenvalue weighted by atomic mass is 11.8. The SMILES string of the molecule is CP(C)(=O)C(=O)S. The predicted octanol–water partition coefficient (Wildman–Crippen LogP) is 1.66. The van der Waals surface area contributed by atoms with Gasteiger partial charge in [0.2, 0.25) is 4.86 Å². The van der Waals surface area contributed by atoms with Gasteiger partial charge in [0, 0.05) is 0 Å². The number of hydrogen-bond acceptors (Lipinski definition) is 2. The number of carbonyl (C=O) groups is 1. The second-order valence-electron chi connectivity index (χ2n) is 1.63. The summed E-state index contributed by atoms with van der Waals surface area (Å²) in [4.78, 5) is 9.56. The Morgan fingerprint density at radius 1 is 1.57 bits per heavy atom. The zero-order valence-corrected chi connectivity index (χ0v) is 6.00. The first-order valence-corrected chi connectivity index (χ1v) is 4.78. The molecule has 2 nitrogen and oxygen atoms in total. The maximum Gasteiger partial charge on any atom is 0.243 e. The molecule has 42 valence electrons. The average molecular weight is 138 g/mol. The number of thiol groups is 1. The van der Waals surface area contributed by atoms with Gasteiger partial charge in [0.1, 0.15) is 0 Å². The molecule has 0 aliphatic heterocycles. The van der Waals surface area contributed by atoms with Crippen molar-refractivity contribution in [3.05, 3.63) is 0 Å². The maximum atomic E-state index is 10.5. The first-order valence-electron chi connectivity index (χ1n) is 1.73. The highest BCUT2D eigenvalue weighted by atomic mass is 32.1. The van der Waals surface area contributed by atoms with Crippen LogP contribution >= 0.6 is 19.8 Å². The van der Waals surface area contributed by atoms with E-state index < -0.39 is 12.0 Å². The van der Waals surface area contributed by atoms with Gasteiger partial charge >= 0.3 is 0 Å². The summed E-state index contributed by atoms with van der Waals surface area (Å²) in [6, 6.07) is 0. The molecule has 0 saturated carbocycles. The minimum atomic E-state index is -2.51. The molecule has 0 spiro atoms. The third-order valence-electron chi connectivity index (χ3n) is 0.461. The first kappa shape index (κ1) is 7.25. The van der Waals surface area contributed by atoms with E-state index in [1.165, 1.54) is 13.3 Å². The number of carbonyl (C=O) groups excluding carboxylic acids is 1. The Hall–Kier alpha value is 0.250. The molecule has 0 radical (unpaired) electrons. The normalized spacial score (nSPS) is 11.3. The van der Waals surface area contributed by atoms with Crippen LogP contribution in [0.2, 0.25) is 0 Å². The summed E-state index contributed by atoms with van der Waals surface area (Å²) < 4.78 is 10.5. The van der Waals surface area contributed by atoms with Gasteiger partial charge in [0.15, 0.2) is 7.14 Å². The molecule has 0 amide bonds. The van der Waals surface area contributed by atoms with Gasteiger partial charge in [-0.25, -0.2) is 0 Å². The number of rotatable bonds is 1. The van der Waals surface area contributed by atoms with Crippen LogP contribution in [0.25, 0.3) is 0 Å². The van der Waals surface area contributed by atoms with Crippen LogP contribution in [0, 0.1) is 0 Å². The van der Waals surface area contributed by atoms with Gasteiger partial charge in [-0.05, 0) is 13.3 Å². The molecule has 0 fully saturated rings. The van der Waals surface area contributed by atoms with E-state index in [0.29, 0.717) is 0 Å². The highest BCUT2D eigenvalue weighted by Crippen LogP contribution is 2.39. The Kier molecular flexibility index (Phi) is 2.09. The molecule has 0 aliphatic carbocycles. The lowest BCUT2D eigenvalue weighted by molar-refractivity contribution is 0.275. The Bertz CT molecular complexity index is 125. The van der Waals surface area contributed by atoms with Crippen molar-refractivity contribution in [2.24, 2.45) is 0 Å². The van der Waals surface area contributed by atoms with E-state index in [1.54, 1.807) is 0 Å². The van der Waals surface area contributed by atoms with Crippen LogP contribution in [0.5, 0.6) is 0 Å².